The third kappa shape index (κ3) is 2.74. The first kappa shape index (κ1) is 12.7. The largest absolute Gasteiger partial charge is 0.495 e. The normalized spacial score (nSPS) is 16.4. The van der Waals surface area contributed by atoms with Crippen molar-refractivity contribution >= 4 is 5.69 Å². The highest BCUT2D eigenvalue weighted by molar-refractivity contribution is 5.60. The average molecular weight is 245 g/mol. The summed E-state index contributed by atoms with van der Waals surface area (Å²) in [7, 11) is 1.71. The van der Waals surface area contributed by atoms with Gasteiger partial charge in [0.2, 0.25) is 0 Å². The molecule has 1 aliphatic heterocycles. The molecule has 1 aromatic rings. The molecule has 2 rings (SSSR count). The summed E-state index contributed by atoms with van der Waals surface area (Å²) in [6, 6.07) is 8.46. The van der Waals surface area contributed by atoms with E-state index in [-0.39, 0.29) is 0 Å². The Balaban J connectivity index is 2.09. The first-order valence-electron chi connectivity index (χ1n) is 6.23. The Morgan fingerprint density at radius 2 is 2.00 bits per heavy atom. The number of piperazine rings is 1. The minimum absolute atomic E-state index is 0.527. The second-order valence-corrected chi connectivity index (χ2v) is 4.60. The van der Waals surface area contributed by atoms with Gasteiger partial charge in [-0.1, -0.05) is 6.07 Å². The maximum absolute atomic E-state index is 8.69. The summed E-state index contributed by atoms with van der Waals surface area (Å²) >= 11 is 0. The quantitative estimate of drug-likeness (QED) is 0.759. The Labute approximate surface area is 108 Å². The third-order valence-electron chi connectivity index (χ3n) is 3.34. The monoisotopic (exact) mass is 245 g/mol. The van der Waals surface area contributed by atoms with E-state index in [1.165, 1.54) is 5.56 Å². The fourth-order valence-corrected chi connectivity index (χ4v) is 2.29. The topological polar surface area (TPSA) is 39.5 Å². The zero-order valence-electron chi connectivity index (χ0n) is 11.0. The van der Waals surface area contributed by atoms with Crippen molar-refractivity contribution in [2.24, 2.45) is 0 Å². The van der Waals surface area contributed by atoms with E-state index in [2.05, 4.69) is 34.9 Å². The summed E-state index contributed by atoms with van der Waals surface area (Å²) in [4.78, 5) is 4.51. The number of methoxy groups -OCH3 is 1. The van der Waals surface area contributed by atoms with Gasteiger partial charge in [0.05, 0.1) is 25.4 Å². The van der Waals surface area contributed by atoms with Gasteiger partial charge in [-0.3, -0.25) is 4.90 Å². The van der Waals surface area contributed by atoms with E-state index in [9.17, 15) is 0 Å². The van der Waals surface area contributed by atoms with Crippen molar-refractivity contribution in [3.8, 4) is 11.8 Å². The Kier molecular flexibility index (Phi) is 4.06. The molecule has 0 aliphatic carbocycles. The molecule has 0 atom stereocenters. The molecule has 0 unspecified atom stereocenters. The fraction of sp³-hybridized carbons (Fsp3) is 0.500. The lowest BCUT2D eigenvalue weighted by atomic mass is 10.1. The van der Waals surface area contributed by atoms with Gasteiger partial charge in [-0.05, 0) is 24.6 Å². The SMILES string of the molecule is COc1ccc(C)cc1N1CCN(CC#N)CC1. The van der Waals surface area contributed by atoms with Crippen LogP contribution in [0.3, 0.4) is 0 Å². The molecule has 1 heterocycles. The first-order chi connectivity index (χ1) is 8.74. The summed E-state index contributed by atoms with van der Waals surface area (Å²) in [6.45, 7) is 6.38. The molecule has 4 heteroatoms. The van der Waals surface area contributed by atoms with Gasteiger partial charge in [-0.15, -0.1) is 0 Å². The lowest BCUT2D eigenvalue weighted by Crippen LogP contribution is -2.46. The minimum atomic E-state index is 0.527. The van der Waals surface area contributed by atoms with Crippen LogP contribution in [0.1, 0.15) is 5.56 Å². The Morgan fingerprint density at radius 3 is 2.61 bits per heavy atom. The first-order valence-corrected chi connectivity index (χ1v) is 6.23. The maximum atomic E-state index is 8.69. The molecule has 4 nitrogen and oxygen atoms in total. The third-order valence-corrected chi connectivity index (χ3v) is 3.34. The van der Waals surface area contributed by atoms with E-state index in [0.29, 0.717) is 6.54 Å². The molecule has 96 valence electrons. The highest BCUT2D eigenvalue weighted by atomic mass is 16.5. The summed E-state index contributed by atoms with van der Waals surface area (Å²) < 4.78 is 5.42. The second-order valence-electron chi connectivity index (χ2n) is 4.60. The minimum Gasteiger partial charge on any atom is -0.495 e. The molecule has 0 saturated carbocycles. The van der Waals surface area contributed by atoms with Gasteiger partial charge < -0.3 is 9.64 Å². The van der Waals surface area contributed by atoms with Gasteiger partial charge in [0.25, 0.3) is 0 Å². The molecule has 0 radical (unpaired) electrons. The average Bonchev–Trinajstić information content (AvgIpc) is 2.40. The number of hydrogen-bond acceptors (Lipinski definition) is 4. The number of anilines is 1. The van der Waals surface area contributed by atoms with Crippen LogP contribution in [0.2, 0.25) is 0 Å². The van der Waals surface area contributed by atoms with Crippen molar-refractivity contribution in [1.29, 1.82) is 5.26 Å². The second kappa shape index (κ2) is 5.74. The van der Waals surface area contributed by atoms with Gasteiger partial charge in [-0.25, -0.2) is 0 Å². The summed E-state index contributed by atoms with van der Waals surface area (Å²) in [6.07, 6.45) is 0. The Bertz CT molecular complexity index is 445. The summed E-state index contributed by atoms with van der Waals surface area (Å²) in [5.74, 6) is 0.925. The zero-order valence-corrected chi connectivity index (χ0v) is 11.0. The van der Waals surface area contributed by atoms with E-state index in [1.807, 2.05) is 6.07 Å². The van der Waals surface area contributed by atoms with Crippen molar-refractivity contribution in [3.05, 3.63) is 23.8 Å². The van der Waals surface area contributed by atoms with E-state index < -0.39 is 0 Å². The predicted molar refractivity (Wildman–Crippen MR) is 72.0 cm³/mol. The smallest absolute Gasteiger partial charge is 0.142 e. The molecule has 1 aliphatic rings. The van der Waals surface area contributed by atoms with E-state index in [1.54, 1.807) is 7.11 Å². The maximum Gasteiger partial charge on any atom is 0.142 e. The van der Waals surface area contributed by atoms with E-state index in [4.69, 9.17) is 10.00 Å². The number of nitrogens with zero attached hydrogens (tertiary/aromatic N) is 3. The Morgan fingerprint density at radius 1 is 1.28 bits per heavy atom. The molecule has 0 bridgehead atoms. The van der Waals surface area contributed by atoms with Crippen LogP contribution in [0.15, 0.2) is 18.2 Å². The number of rotatable bonds is 3. The van der Waals surface area contributed by atoms with Crippen molar-refractivity contribution < 1.29 is 4.74 Å². The van der Waals surface area contributed by atoms with Crippen LogP contribution in [0.25, 0.3) is 0 Å². The van der Waals surface area contributed by atoms with Crippen LogP contribution >= 0.6 is 0 Å². The van der Waals surface area contributed by atoms with Gasteiger partial charge in [-0.2, -0.15) is 5.26 Å². The summed E-state index contributed by atoms with van der Waals surface area (Å²) in [5.41, 5.74) is 2.40. The van der Waals surface area contributed by atoms with Crippen molar-refractivity contribution in [2.75, 3.05) is 44.7 Å². The molecule has 0 aromatic heterocycles. The van der Waals surface area contributed by atoms with Crippen LogP contribution in [0, 0.1) is 18.3 Å². The molecule has 1 aromatic carbocycles. The highest BCUT2D eigenvalue weighted by Crippen LogP contribution is 2.29. The lowest BCUT2D eigenvalue weighted by Gasteiger charge is -2.35. The molecule has 0 N–H and O–H groups in total. The molecule has 18 heavy (non-hydrogen) atoms. The van der Waals surface area contributed by atoms with Crippen LogP contribution in [0.5, 0.6) is 5.75 Å². The molecule has 1 fully saturated rings. The summed E-state index contributed by atoms with van der Waals surface area (Å²) in [5, 5.41) is 8.69. The molecular weight excluding hydrogens is 226 g/mol. The number of aryl methyl sites for hydroxylation is 1. The zero-order chi connectivity index (χ0) is 13.0. The van der Waals surface area contributed by atoms with E-state index in [0.717, 1.165) is 37.6 Å². The van der Waals surface area contributed by atoms with E-state index >= 15 is 0 Å². The lowest BCUT2D eigenvalue weighted by molar-refractivity contribution is 0.286. The number of nitriles is 1. The van der Waals surface area contributed by atoms with Gasteiger partial charge in [0.1, 0.15) is 5.75 Å². The van der Waals surface area contributed by atoms with Crippen molar-refractivity contribution in [3.63, 3.8) is 0 Å². The van der Waals surface area contributed by atoms with Crippen LogP contribution in [0.4, 0.5) is 5.69 Å². The highest BCUT2D eigenvalue weighted by Gasteiger charge is 2.19. The van der Waals surface area contributed by atoms with Crippen LogP contribution in [-0.2, 0) is 0 Å². The van der Waals surface area contributed by atoms with Gasteiger partial charge in [0, 0.05) is 26.2 Å². The standard InChI is InChI=1S/C14H19N3O/c1-12-3-4-14(18-2)13(11-12)17-9-7-16(6-5-15)8-10-17/h3-4,11H,6-10H2,1-2H3. The van der Waals surface area contributed by atoms with Gasteiger partial charge >= 0.3 is 0 Å². The fourth-order valence-electron chi connectivity index (χ4n) is 2.29. The molecule has 1 saturated heterocycles. The number of benzene rings is 1. The molecule has 0 spiro atoms. The number of hydrogen-bond donors (Lipinski definition) is 0. The van der Waals surface area contributed by atoms with Gasteiger partial charge in [0.15, 0.2) is 0 Å². The molecule has 0 amide bonds. The number of ether oxygens (including phenoxy) is 1. The van der Waals surface area contributed by atoms with Crippen LogP contribution in [-0.4, -0.2) is 44.7 Å². The van der Waals surface area contributed by atoms with Crippen molar-refractivity contribution in [1.82, 2.24) is 4.90 Å². The molecular formula is C14H19N3O. The predicted octanol–water partition coefficient (Wildman–Crippen LogP) is 1.65. The van der Waals surface area contributed by atoms with Crippen LogP contribution < -0.4 is 9.64 Å². The Hall–Kier alpha value is -1.73. The van der Waals surface area contributed by atoms with Crippen molar-refractivity contribution in [2.45, 2.75) is 6.92 Å².